The number of rotatable bonds is 2. The van der Waals surface area contributed by atoms with Crippen molar-refractivity contribution < 1.29 is 15.0 Å². The molecule has 0 spiro atoms. The molecular weight excluding hydrogens is 344 g/mol. The van der Waals surface area contributed by atoms with Crippen LogP contribution in [0.25, 0.3) is 16.6 Å². The van der Waals surface area contributed by atoms with E-state index in [2.05, 4.69) is 4.98 Å². The molecule has 2 heterocycles. The quantitative estimate of drug-likeness (QED) is 0.735. The number of fused-ring (bicyclic) bond motifs is 4. The Balaban J connectivity index is 2.19. The Kier molecular flexibility index (Phi) is 3.25. The molecule has 4 rings (SSSR count). The summed E-state index contributed by atoms with van der Waals surface area (Å²) in [5.74, 6) is -2.45. The summed E-state index contributed by atoms with van der Waals surface area (Å²) in [5, 5.41) is 21.6. The van der Waals surface area contributed by atoms with Crippen molar-refractivity contribution in [3.8, 4) is 5.69 Å². The second-order valence-corrected chi connectivity index (χ2v) is 6.52. The molecular formula is C18H13ClN2O4. The first-order valence-corrected chi connectivity index (χ1v) is 8.01. The van der Waals surface area contributed by atoms with E-state index in [0.717, 1.165) is 0 Å². The third-order valence-corrected chi connectivity index (χ3v) is 4.96. The van der Waals surface area contributed by atoms with Gasteiger partial charge in [-0.05, 0) is 37.3 Å². The van der Waals surface area contributed by atoms with Gasteiger partial charge in [0.2, 0.25) is 0 Å². The molecule has 6 nitrogen and oxygen atoms in total. The number of aliphatic carboxylic acids is 1. The Morgan fingerprint density at radius 3 is 2.72 bits per heavy atom. The highest BCUT2D eigenvalue weighted by Crippen LogP contribution is 2.45. The van der Waals surface area contributed by atoms with Crippen LogP contribution in [0.2, 0.25) is 5.02 Å². The molecule has 126 valence electrons. The summed E-state index contributed by atoms with van der Waals surface area (Å²) in [4.78, 5) is 29.0. The van der Waals surface area contributed by atoms with Gasteiger partial charge in [-0.1, -0.05) is 23.7 Å². The van der Waals surface area contributed by atoms with Crippen LogP contribution < -0.4 is 5.56 Å². The minimum absolute atomic E-state index is 0.0108. The summed E-state index contributed by atoms with van der Waals surface area (Å²) < 4.78 is 1.27. The smallest absolute Gasteiger partial charge is 0.310 e. The Morgan fingerprint density at radius 2 is 2.00 bits per heavy atom. The van der Waals surface area contributed by atoms with Gasteiger partial charge in [0.25, 0.3) is 5.56 Å². The van der Waals surface area contributed by atoms with Crippen molar-refractivity contribution in [1.29, 1.82) is 0 Å². The molecule has 25 heavy (non-hydrogen) atoms. The van der Waals surface area contributed by atoms with Crippen LogP contribution in [0.5, 0.6) is 0 Å². The van der Waals surface area contributed by atoms with Crippen LogP contribution in [0, 0.1) is 5.92 Å². The van der Waals surface area contributed by atoms with Gasteiger partial charge in [0.05, 0.1) is 22.5 Å². The van der Waals surface area contributed by atoms with E-state index < -0.39 is 17.5 Å². The first kappa shape index (κ1) is 15.8. The van der Waals surface area contributed by atoms with Gasteiger partial charge >= 0.3 is 5.97 Å². The number of aliphatic hydroxyl groups is 1. The van der Waals surface area contributed by atoms with E-state index in [4.69, 9.17) is 11.6 Å². The number of hydrogen-bond acceptors (Lipinski definition) is 4. The number of nitrogens with zero attached hydrogens (tertiary/aromatic N) is 2. The Hall–Kier alpha value is -2.70. The maximum atomic E-state index is 13.0. The van der Waals surface area contributed by atoms with Crippen LogP contribution in [-0.4, -0.2) is 25.7 Å². The molecule has 2 N–H and O–H groups in total. The molecule has 0 saturated carbocycles. The average molecular weight is 357 g/mol. The van der Waals surface area contributed by atoms with Gasteiger partial charge in [0.15, 0.2) is 11.4 Å². The summed E-state index contributed by atoms with van der Waals surface area (Å²) in [5.41, 5.74) is -1.28. The predicted molar refractivity (Wildman–Crippen MR) is 92.1 cm³/mol. The maximum Gasteiger partial charge on any atom is 0.310 e. The van der Waals surface area contributed by atoms with E-state index >= 15 is 0 Å². The van der Waals surface area contributed by atoms with Gasteiger partial charge in [0, 0.05) is 10.6 Å². The van der Waals surface area contributed by atoms with E-state index in [1.165, 1.54) is 17.6 Å². The van der Waals surface area contributed by atoms with Gasteiger partial charge in [-0.15, -0.1) is 0 Å². The van der Waals surface area contributed by atoms with Crippen molar-refractivity contribution in [2.24, 2.45) is 5.92 Å². The second kappa shape index (κ2) is 5.15. The lowest BCUT2D eigenvalue weighted by molar-refractivity contribution is -0.149. The van der Waals surface area contributed by atoms with Gasteiger partial charge in [-0.25, -0.2) is 4.98 Å². The van der Waals surface area contributed by atoms with Gasteiger partial charge < -0.3 is 10.2 Å². The molecule has 3 aromatic rings. The normalized spacial score (nSPS) is 19.5. The van der Waals surface area contributed by atoms with E-state index in [9.17, 15) is 19.8 Å². The monoisotopic (exact) mass is 356 g/mol. The zero-order valence-corrected chi connectivity index (χ0v) is 13.9. The van der Waals surface area contributed by atoms with Crippen molar-refractivity contribution in [1.82, 2.24) is 9.55 Å². The number of carboxylic acid groups (broad SMARTS) is 1. The second-order valence-electron chi connectivity index (χ2n) is 6.08. The molecule has 0 amide bonds. The first-order valence-electron chi connectivity index (χ1n) is 7.63. The number of hydrogen-bond donors (Lipinski definition) is 2. The lowest BCUT2D eigenvalue weighted by atomic mass is 9.83. The summed E-state index contributed by atoms with van der Waals surface area (Å²) in [6, 6.07) is 11.4. The number of para-hydroxylation sites is 1. The molecule has 1 aromatic heterocycles. The SMILES string of the molecule is CC(C(=O)O)C1(O)c2cc(Cl)ccc2-n2c1nc1ccccc1c2=O. The molecule has 7 heteroatoms. The highest BCUT2D eigenvalue weighted by Gasteiger charge is 2.51. The van der Waals surface area contributed by atoms with E-state index in [1.54, 1.807) is 36.4 Å². The molecule has 2 unspecified atom stereocenters. The Morgan fingerprint density at radius 1 is 1.28 bits per heavy atom. The number of carbonyl (C=O) groups is 1. The van der Waals surface area contributed by atoms with Crippen molar-refractivity contribution >= 4 is 28.5 Å². The van der Waals surface area contributed by atoms with Crippen molar-refractivity contribution in [3.05, 3.63) is 69.2 Å². The average Bonchev–Trinajstić information content (AvgIpc) is 2.84. The fraction of sp³-hybridized carbons (Fsp3) is 0.167. The first-order chi connectivity index (χ1) is 11.9. The fourth-order valence-corrected chi connectivity index (χ4v) is 3.52. The highest BCUT2D eigenvalue weighted by molar-refractivity contribution is 6.30. The Bertz CT molecular complexity index is 1110. The molecule has 2 atom stereocenters. The summed E-state index contributed by atoms with van der Waals surface area (Å²) in [6.07, 6.45) is 0. The number of halogens is 1. The lowest BCUT2D eigenvalue weighted by Crippen LogP contribution is -2.40. The lowest BCUT2D eigenvalue weighted by Gasteiger charge is -2.27. The standard InChI is InChI=1S/C18H13ClN2O4/c1-9(16(23)24)18(25)12-8-10(19)6-7-14(12)21-15(22)11-4-2-3-5-13(11)20-17(18)21/h2-9,25H,1H3,(H,23,24). The number of benzene rings is 2. The maximum absolute atomic E-state index is 13.0. The van der Waals surface area contributed by atoms with Crippen molar-refractivity contribution in [2.75, 3.05) is 0 Å². The van der Waals surface area contributed by atoms with Crippen LogP contribution in [0.4, 0.5) is 0 Å². The predicted octanol–water partition coefficient (Wildman–Crippen LogP) is 2.31. The summed E-state index contributed by atoms with van der Waals surface area (Å²) in [7, 11) is 0. The number of carboxylic acids is 1. The third kappa shape index (κ3) is 1.98. The van der Waals surface area contributed by atoms with Gasteiger partial charge in [-0.2, -0.15) is 0 Å². The number of aromatic nitrogens is 2. The van der Waals surface area contributed by atoms with Crippen LogP contribution in [-0.2, 0) is 10.4 Å². The van der Waals surface area contributed by atoms with E-state index in [0.29, 0.717) is 21.6 Å². The molecule has 0 bridgehead atoms. The fourth-order valence-electron chi connectivity index (χ4n) is 3.35. The van der Waals surface area contributed by atoms with Crippen LogP contribution in [0.3, 0.4) is 0 Å². The van der Waals surface area contributed by atoms with E-state index in [-0.39, 0.29) is 16.9 Å². The molecule has 1 aliphatic heterocycles. The Labute approximate surface area is 146 Å². The van der Waals surface area contributed by atoms with E-state index in [1.807, 2.05) is 0 Å². The minimum atomic E-state index is -1.96. The summed E-state index contributed by atoms with van der Waals surface area (Å²) in [6.45, 7) is 1.38. The molecule has 1 aliphatic rings. The van der Waals surface area contributed by atoms with Gasteiger partial charge in [-0.3, -0.25) is 14.2 Å². The van der Waals surface area contributed by atoms with Crippen molar-refractivity contribution in [2.45, 2.75) is 12.5 Å². The zero-order valence-electron chi connectivity index (χ0n) is 13.1. The van der Waals surface area contributed by atoms with Crippen molar-refractivity contribution in [3.63, 3.8) is 0 Å². The third-order valence-electron chi connectivity index (χ3n) is 4.72. The zero-order chi connectivity index (χ0) is 17.9. The molecule has 0 saturated heterocycles. The largest absolute Gasteiger partial charge is 0.481 e. The minimum Gasteiger partial charge on any atom is -0.481 e. The molecule has 0 aliphatic carbocycles. The molecule has 0 fully saturated rings. The van der Waals surface area contributed by atoms with Crippen LogP contribution >= 0.6 is 11.6 Å². The summed E-state index contributed by atoms with van der Waals surface area (Å²) >= 11 is 6.06. The molecule has 2 aromatic carbocycles. The topological polar surface area (TPSA) is 92.4 Å². The highest BCUT2D eigenvalue weighted by atomic mass is 35.5. The molecule has 0 radical (unpaired) electrons. The van der Waals surface area contributed by atoms with Crippen LogP contribution in [0.15, 0.2) is 47.3 Å². The van der Waals surface area contributed by atoms with Crippen LogP contribution in [0.1, 0.15) is 18.3 Å². The van der Waals surface area contributed by atoms with Gasteiger partial charge in [0.1, 0.15) is 0 Å².